The Morgan fingerprint density at radius 2 is 2.35 bits per heavy atom. The maximum absolute atomic E-state index is 11.8. The molecular weight excluding hydrogens is 284 g/mol. The van der Waals surface area contributed by atoms with Crippen LogP contribution in [0.1, 0.15) is 5.56 Å². The van der Waals surface area contributed by atoms with Crippen LogP contribution in [0.25, 0.3) is 0 Å². The van der Waals surface area contributed by atoms with Crippen LogP contribution < -0.4 is 10.6 Å². The summed E-state index contributed by atoms with van der Waals surface area (Å²) >= 11 is 3.45. The Kier molecular flexibility index (Phi) is 3.81. The fraction of sp³-hybridized carbons (Fsp3) is 0.417. The van der Waals surface area contributed by atoms with Gasteiger partial charge in [-0.1, -0.05) is 15.9 Å². The number of rotatable bonds is 2. The summed E-state index contributed by atoms with van der Waals surface area (Å²) in [6, 6.07) is 5.86. The molecule has 1 amide bonds. The number of ether oxygens (including phenoxy) is 1. The van der Waals surface area contributed by atoms with Crippen molar-refractivity contribution in [2.45, 2.75) is 13.0 Å². The van der Waals surface area contributed by atoms with Crippen LogP contribution in [0.3, 0.4) is 0 Å². The van der Waals surface area contributed by atoms with E-state index in [1.807, 2.05) is 25.1 Å². The molecule has 1 atom stereocenters. The Hall–Kier alpha value is -0.910. The van der Waals surface area contributed by atoms with Gasteiger partial charge in [0, 0.05) is 16.7 Å². The van der Waals surface area contributed by atoms with Gasteiger partial charge in [-0.05, 0) is 30.7 Å². The number of amides is 1. The van der Waals surface area contributed by atoms with Gasteiger partial charge >= 0.3 is 0 Å². The molecule has 0 aliphatic carbocycles. The van der Waals surface area contributed by atoms with E-state index in [-0.39, 0.29) is 18.6 Å². The molecule has 1 unspecified atom stereocenters. The van der Waals surface area contributed by atoms with Crippen LogP contribution >= 0.6 is 15.9 Å². The van der Waals surface area contributed by atoms with Gasteiger partial charge in [-0.3, -0.25) is 4.79 Å². The van der Waals surface area contributed by atoms with Gasteiger partial charge in [0.2, 0.25) is 0 Å². The average Bonchev–Trinajstić information content (AvgIpc) is 2.33. The van der Waals surface area contributed by atoms with Gasteiger partial charge in [-0.2, -0.15) is 0 Å². The van der Waals surface area contributed by atoms with E-state index in [2.05, 4.69) is 15.9 Å². The van der Waals surface area contributed by atoms with E-state index < -0.39 is 0 Å². The zero-order chi connectivity index (χ0) is 12.4. The van der Waals surface area contributed by atoms with Crippen molar-refractivity contribution in [2.24, 2.45) is 5.73 Å². The van der Waals surface area contributed by atoms with Crippen molar-refractivity contribution in [3.63, 3.8) is 0 Å². The molecule has 2 rings (SSSR count). The maximum atomic E-state index is 11.8. The molecule has 1 aliphatic heterocycles. The quantitative estimate of drug-likeness (QED) is 0.899. The second-order valence-electron chi connectivity index (χ2n) is 4.11. The monoisotopic (exact) mass is 298 g/mol. The van der Waals surface area contributed by atoms with Gasteiger partial charge in [-0.15, -0.1) is 0 Å². The second-order valence-corrected chi connectivity index (χ2v) is 4.96. The molecule has 0 bridgehead atoms. The summed E-state index contributed by atoms with van der Waals surface area (Å²) in [7, 11) is 0. The van der Waals surface area contributed by atoms with Crippen molar-refractivity contribution in [2.75, 3.05) is 24.6 Å². The summed E-state index contributed by atoms with van der Waals surface area (Å²) in [6.45, 7) is 3.06. The Morgan fingerprint density at radius 1 is 1.59 bits per heavy atom. The van der Waals surface area contributed by atoms with Crippen molar-refractivity contribution in [1.82, 2.24) is 0 Å². The largest absolute Gasteiger partial charge is 0.365 e. The van der Waals surface area contributed by atoms with Gasteiger partial charge in [0.05, 0.1) is 12.6 Å². The zero-order valence-corrected chi connectivity index (χ0v) is 11.2. The molecule has 2 N–H and O–H groups in total. The van der Waals surface area contributed by atoms with E-state index in [9.17, 15) is 4.79 Å². The van der Waals surface area contributed by atoms with E-state index in [4.69, 9.17) is 10.5 Å². The van der Waals surface area contributed by atoms with Crippen LogP contribution in [0, 0.1) is 6.92 Å². The minimum Gasteiger partial charge on any atom is -0.365 e. The topological polar surface area (TPSA) is 55.6 Å². The van der Waals surface area contributed by atoms with Crippen LogP contribution in [0.2, 0.25) is 0 Å². The van der Waals surface area contributed by atoms with Crippen LogP contribution in [0.4, 0.5) is 5.69 Å². The van der Waals surface area contributed by atoms with E-state index in [0.717, 1.165) is 15.7 Å². The highest BCUT2D eigenvalue weighted by Gasteiger charge is 2.26. The SMILES string of the molecule is Cc1cc(N2CC(CN)OCC2=O)ccc1Br. The molecule has 1 aliphatic rings. The molecule has 0 spiro atoms. The van der Waals surface area contributed by atoms with Crippen LogP contribution in [-0.2, 0) is 9.53 Å². The van der Waals surface area contributed by atoms with Gasteiger partial charge in [0.15, 0.2) is 0 Å². The summed E-state index contributed by atoms with van der Waals surface area (Å²) < 4.78 is 6.36. The normalized spacial score (nSPS) is 20.8. The number of halogens is 1. The first kappa shape index (κ1) is 12.5. The van der Waals surface area contributed by atoms with Gasteiger partial charge in [0.1, 0.15) is 6.61 Å². The number of benzene rings is 1. The third-order valence-electron chi connectivity index (χ3n) is 2.85. The standard InChI is InChI=1S/C12H15BrN2O2/c1-8-4-9(2-3-11(8)13)15-6-10(5-14)17-7-12(15)16/h2-4,10H,5-7,14H2,1H3. The Morgan fingerprint density at radius 3 is 3.00 bits per heavy atom. The summed E-state index contributed by atoms with van der Waals surface area (Å²) in [5.74, 6) is -0.0172. The fourth-order valence-corrected chi connectivity index (χ4v) is 2.06. The van der Waals surface area contributed by atoms with Crippen LogP contribution in [0.5, 0.6) is 0 Å². The number of carbonyl (C=O) groups excluding carboxylic acids is 1. The lowest BCUT2D eigenvalue weighted by atomic mass is 10.1. The first-order valence-corrected chi connectivity index (χ1v) is 6.29. The molecule has 1 heterocycles. The zero-order valence-electron chi connectivity index (χ0n) is 9.65. The van der Waals surface area contributed by atoms with Crippen molar-refractivity contribution in [3.05, 3.63) is 28.2 Å². The smallest absolute Gasteiger partial charge is 0.253 e. The number of anilines is 1. The highest BCUT2D eigenvalue weighted by Crippen LogP contribution is 2.24. The number of carbonyl (C=O) groups is 1. The molecule has 17 heavy (non-hydrogen) atoms. The van der Waals surface area contributed by atoms with Crippen LogP contribution in [0.15, 0.2) is 22.7 Å². The van der Waals surface area contributed by atoms with Crippen molar-refractivity contribution in [1.29, 1.82) is 0 Å². The molecule has 1 aromatic carbocycles. The van der Waals surface area contributed by atoms with Gasteiger partial charge in [0.25, 0.3) is 5.91 Å². The lowest BCUT2D eigenvalue weighted by Gasteiger charge is -2.32. The van der Waals surface area contributed by atoms with Gasteiger partial charge in [-0.25, -0.2) is 0 Å². The highest BCUT2D eigenvalue weighted by atomic mass is 79.9. The summed E-state index contributed by atoms with van der Waals surface area (Å²) in [5, 5.41) is 0. The molecule has 0 aromatic heterocycles. The third kappa shape index (κ3) is 2.68. The lowest BCUT2D eigenvalue weighted by molar-refractivity contribution is -0.128. The minimum absolute atomic E-state index is 0.0172. The molecule has 5 heteroatoms. The number of morpholine rings is 1. The molecule has 1 aromatic rings. The number of hydrogen-bond donors (Lipinski definition) is 1. The minimum atomic E-state index is -0.0725. The van der Waals surface area contributed by atoms with Gasteiger partial charge < -0.3 is 15.4 Å². The summed E-state index contributed by atoms with van der Waals surface area (Å²) in [6.07, 6.45) is -0.0725. The number of aryl methyl sites for hydroxylation is 1. The van der Waals surface area contributed by atoms with E-state index in [0.29, 0.717) is 13.1 Å². The summed E-state index contributed by atoms with van der Waals surface area (Å²) in [4.78, 5) is 13.5. The van der Waals surface area contributed by atoms with E-state index in [1.165, 1.54) is 0 Å². The maximum Gasteiger partial charge on any atom is 0.253 e. The first-order valence-electron chi connectivity index (χ1n) is 5.50. The molecule has 4 nitrogen and oxygen atoms in total. The molecule has 0 saturated carbocycles. The van der Waals surface area contributed by atoms with Crippen molar-refractivity contribution < 1.29 is 9.53 Å². The second kappa shape index (κ2) is 5.16. The molecule has 92 valence electrons. The van der Waals surface area contributed by atoms with Crippen molar-refractivity contribution in [3.8, 4) is 0 Å². The first-order chi connectivity index (χ1) is 8.11. The molecule has 1 saturated heterocycles. The summed E-state index contributed by atoms with van der Waals surface area (Å²) in [5.41, 5.74) is 7.58. The molecular formula is C12H15BrN2O2. The number of nitrogens with zero attached hydrogens (tertiary/aromatic N) is 1. The highest BCUT2D eigenvalue weighted by molar-refractivity contribution is 9.10. The fourth-order valence-electron chi connectivity index (χ4n) is 1.81. The van der Waals surface area contributed by atoms with Crippen LogP contribution in [-0.4, -0.2) is 31.7 Å². The Bertz CT molecular complexity index is 437. The average molecular weight is 299 g/mol. The van der Waals surface area contributed by atoms with E-state index in [1.54, 1.807) is 4.90 Å². The predicted octanol–water partition coefficient (Wildman–Crippen LogP) is 1.45. The third-order valence-corrected chi connectivity index (χ3v) is 3.74. The number of hydrogen-bond acceptors (Lipinski definition) is 3. The Balaban J connectivity index is 2.24. The van der Waals surface area contributed by atoms with Crippen molar-refractivity contribution >= 4 is 27.5 Å². The predicted molar refractivity (Wildman–Crippen MR) is 70.0 cm³/mol. The number of nitrogens with two attached hydrogens (primary N) is 1. The lowest BCUT2D eigenvalue weighted by Crippen LogP contribution is -2.49. The molecule has 1 fully saturated rings. The Labute approximate surface area is 109 Å². The molecule has 0 radical (unpaired) electrons. The van der Waals surface area contributed by atoms with E-state index >= 15 is 0 Å².